The molecular formula is C15H19N5S. The molecule has 21 heavy (non-hydrogen) atoms. The third-order valence-electron chi connectivity index (χ3n) is 4.31. The highest BCUT2D eigenvalue weighted by molar-refractivity contribution is 7.11. The fraction of sp³-hybridized carbons (Fsp3) is 0.467. The van der Waals surface area contributed by atoms with E-state index in [2.05, 4.69) is 19.6 Å². The highest BCUT2D eigenvalue weighted by Crippen LogP contribution is 2.38. The number of nitrogens with zero attached hydrogens (tertiary/aromatic N) is 3. The van der Waals surface area contributed by atoms with Crippen molar-refractivity contribution >= 4 is 22.4 Å². The van der Waals surface area contributed by atoms with Gasteiger partial charge in [-0.25, -0.2) is 0 Å². The molecule has 2 aromatic heterocycles. The van der Waals surface area contributed by atoms with Crippen molar-refractivity contribution in [2.45, 2.75) is 31.3 Å². The number of nitrogens with one attached hydrogen (secondary N) is 1. The lowest BCUT2D eigenvalue weighted by atomic mass is 10.1. The molecule has 6 heteroatoms. The van der Waals surface area contributed by atoms with Gasteiger partial charge in [-0.15, -0.1) is 0 Å². The molecule has 3 N–H and O–H groups in total. The third-order valence-corrected chi connectivity index (χ3v) is 5.10. The largest absolute Gasteiger partial charge is 0.382 e. The van der Waals surface area contributed by atoms with E-state index in [9.17, 15) is 0 Å². The summed E-state index contributed by atoms with van der Waals surface area (Å²) in [5.41, 5.74) is 8.16. The Labute approximate surface area is 128 Å². The molecule has 110 valence electrons. The van der Waals surface area contributed by atoms with Crippen molar-refractivity contribution in [1.82, 2.24) is 14.3 Å². The second-order valence-corrected chi connectivity index (χ2v) is 6.64. The molecule has 0 amide bonds. The Morgan fingerprint density at radius 3 is 2.81 bits per heavy atom. The smallest absolute Gasteiger partial charge is 0.147 e. The second-order valence-electron chi connectivity index (χ2n) is 5.86. The van der Waals surface area contributed by atoms with Crippen molar-refractivity contribution in [2.24, 2.45) is 0 Å². The number of aromatic nitrogens is 2. The first-order valence-corrected chi connectivity index (χ1v) is 8.25. The van der Waals surface area contributed by atoms with Gasteiger partial charge in [-0.05, 0) is 48.5 Å². The summed E-state index contributed by atoms with van der Waals surface area (Å²) >= 11 is 1.46. The third kappa shape index (κ3) is 2.61. The molecule has 1 saturated carbocycles. The molecule has 1 saturated heterocycles. The molecule has 0 aromatic carbocycles. The first-order valence-electron chi connectivity index (χ1n) is 7.47. The van der Waals surface area contributed by atoms with Crippen LogP contribution < -0.4 is 11.1 Å². The van der Waals surface area contributed by atoms with Gasteiger partial charge in [0.25, 0.3) is 0 Å². The number of hydrogen-bond acceptors (Lipinski definition) is 6. The van der Waals surface area contributed by atoms with Gasteiger partial charge in [-0.1, -0.05) is 0 Å². The van der Waals surface area contributed by atoms with Gasteiger partial charge in [0, 0.05) is 37.6 Å². The summed E-state index contributed by atoms with van der Waals surface area (Å²) in [5.74, 6) is 0.603. The van der Waals surface area contributed by atoms with Crippen molar-refractivity contribution < 1.29 is 0 Å². The zero-order valence-corrected chi connectivity index (χ0v) is 12.6. The zero-order valence-electron chi connectivity index (χ0n) is 11.8. The van der Waals surface area contributed by atoms with Crippen LogP contribution in [0.2, 0.25) is 0 Å². The zero-order chi connectivity index (χ0) is 14.2. The molecule has 4 rings (SSSR count). The lowest BCUT2D eigenvalue weighted by molar-refractivity contribution is 0.326. The second kappa shape index (κ2) is 5.27. The first kappa shape index (κ1) is 13.0. The number of anilines is 2. The number of likely N-dealkylation sites (tertiary alicyclic amines) is 1. The molecule has 1 aliphatic heterocycles. The van der Waals surface area contributed by atoms with Crippen molar-refractivity contribution in [3.05, 3.63) is 24.5 Å². The predicted molar refractivity (Wildman–Crippen MR) is 86.4 cm³/mol. The normalized spacial score (nSPS) is 22.6. The molecule has 1 aliphatic carbocycles. The monoisotopic (exact) mass is 301 g/mol. The van der Waals surface area contributed by atoms with Crippen molar-refractivity contribution in [3.8, 4) is 11.1 Å². The minimum absolute atomic E-state index is 0.506. The molecule has 0 spiro atoms. The van der Waals surface area contributed by atoms with Gasteiger partial charge in [0.2, 0.25) is 0 Å². The summed E-state index contributed by atoms with van der Waals surface area (Å²) in [6.07, 6.45) is 7.54. The van der Waals surface area contributed by atoms with Crippen LogP contribution in [0.3, 0.4) is 0 Å². The minimum atomic E-state index is 0.506. The lowest BCUT2D eigenvalue weighted by Gasteiger charge is -2.16. The van der Waals surface area contributed by atoms with Crippen LogP contribution in [-0.4, -0.2) is 39.4 Å². The van der Waals surface area contributed by atoms with E-state index in [0.29, 0.717) is 11.9 Å². The van der Waals surface area contributed by atoms with Crippen LogP contribution in [0.4, 0.5) is 10.8 Å². The van der Waals surface area contributed by atoms with Crippen molar-refractivity contribution in [3.63, 3.8) is 0 Å². The molecule has 0 bridgehead atoms. The minimum Gasteiger partial charge on any atom is -0.382 e. The SMILES string of the molecule is Nc1nsc(NC2CCN(C3CC3)C2)c1-c1ccncc1. The van der Waals surface area contributed by atoms with Crippen LogP contribution >= 0.6 is 11.5 Å². The summed E-state index contributed by atoms with van der Waals surface area (Å²) in [5, 5.41) is 4.74. The molecule has 0 radical (unpaired) electrons. The highest BCUT2D eigenvalue weighted by atomic mass is 32.1. The van der Waals surface area contributed by atoms with Crippen molar-refractivity contribution in [1.29, 1.82) is 0 Å². The predicted octanol–water partition coefficient (Wildman–Crippen LogP) is 2.44. The molecule has 2 fully saturated rings. The summed E-state index contributed by atoms with van der Waals surface area (Å²) in [4.78, 5) is 6.67. The Hall–Kier alpha value is -1.66. The quantitative estimate of drug-likeness (QED) is 0.908. The Morgan fingerprint density at radius 2 is 2.05 bits per heavy atom. The Bertz CT molecular complexity index is 622. The van der Waals surface area contributed by atoms with E-state index in [1.54, 1.807) is 12.4 Å². The van der Waals surface area contributed by atoms with Gasteiger partial charge < -0.3 is 11.1 Å². The van der Waals surface area contributed by atoms with Crippen LogP contribution in [0.5, 0.6) is 0 Å². The van der Waals surface area contributed by atoms with Gasteiger partial charge in [-0.3, -0.25) is 9.88 Å². The van der Waals surface area contributed by atoms with Gasteiger partial charge in [0.1, 0.15) is 10.8 Å². The number of nitrogen functional groups attached to an aromatic ring is 1. The number of pyridine rings is 1. The Balaban J connectivity index is 1.53. The maximum atomic E-state index is 6.06. The molecule has 3 heterocycles. The van der Waals surface area contributed by atoms with E-state index in [1.807, 2.05) is 12.1 Å². The maximum Gasteiger partial charge on any atom is 0.147 e. The van der Waals surface area contributed by atoms with Crippen LogP contribution in [-0.2, 0) is 0 Å². The first-order chi connectivity index (χ1) is 10.3. The van der Waals surface area contributed by atoms with E-state index in [-0.39, 0.29) is 0 Å². The van der Waals surface area contributed by atoms with Crippen LogP contribution in [0.25, 0.3) is 11.1 Å². The Kier molecular flexibility index (Phi) is 3.27. The number of nitrogens with two attached hydrogens (primary N) is 1. The van der Waals surface area contributed by atoms with Crippen LogP contribution in [0, 0.1) is 0 Å². The highest BCUT2D eigenvalue weighted by Gasteiger charge is 2.34. The van der Waals surface area contributed by atoms with Gasteiger partial charge >= 0.3 is 0 Å². The Morgan fingerprint density at radius 1 is 1.24 bits per heavy atom. The van der Waals surface area contributed by atoms with Crippen molar-refractivity contribution in [2.75, 3.05) is 24.1 Å². The number of rotatable bonds is 4. The molecular weight excluding hydrogens is 282 g/mol. The number of hydrogen-bond donors (Lipinski definition) is 2. The van der Waals surface area contributed by atoms with Gasteiger partial charge in [-0.2, -0.15) is 4.37 Å². The molecule has 1 atom stereocenters. The average Bonchev–Trinajstić information content (AvgIpc) is 3.15. The van der Waals surface area contributed by atoms with E-state index in [0.717, 1.165) is 28.7 Å². The summed E-state index contributed by atoms with van der Waals surface area (Å²) in [6, 6.07) is 5.32. The lowest BCUT2D eigenvalue weighted by Crippen LogP contribution is -2.27. The molecule has 5 nitrogen and oxygen atoms in total. The van der Waals surface area contributed by atoms with E-state index in [1.165, 1.54) is 37.3 Å². The van der Waals surface area contributed by atoms with E-state index < -0.39 is 0 Å². The standard InChI is InChI=1S/C15H19N5S/c16-14-13(10-3-6-17-7-4-10)15(21-19-14)18-11-5-8-20(9-11)12-1-2-12/h3-4,6-7,11-12,18H,1-2,5,8-9H2,(H2,16,19). The van der Waals surface area contributed by atoms with Crippen LogP contribution in [0.1, 0.15) is 19.3 Å². The maximum absolute atomic E-state index is 6.06. The van der Waals surface area contributed by atoms with Crippen LogP contribution in [0.15, 0.2) is 24.5 Å². The molecule has 2 aromatic rings. The fourth-order valence-corrected chi connectivity index (χ4v) is 3.87. The van der Waals surface area contributed by atoms with Gasteiger partial charge in [0.05, 0.1) is 5.56 Å². The summed E-state index contributed by atoms with van der Waals surface area (Å²) in [7, 11) is 0. The van der Waals surface area contributed by atoms with Gasteiger partial charge in [0.15, 0.2) is 0 Å². The molecule has 2 aliphatic rings. The molecule has 1 unspecified atom stereocenters. The summed E-state index contributed by atoms with van der Waals surface area (Å²) < 4.78 is 4.32. The summed E-state index contributed by atoms with van der Waals surface area (Å²) in [6.45, 7) is 2.35. The average molecular weight is 301 g/mol. The topological polar surface area (TPSA) is 67.1 Å². The fourth-order valence-electron chi connectivity index (χ4n) is 3.06. The van der Waals surface area contributed by atoms with E-state index >= 15 is 0 Å². The van der Waals surface area contributed by atoms with E-state index in [4.69, 9.17) is 5.73 Å².